The molecule has 0 aromatic rings. The molecule has 0 radical (unpaired) electrons. The van der Waals surface area contributed by atoms with Crippen LogP contribution in [0.25, 0.3) is 0 Å². The van der Waals surface area contributed by atoms with Crippen molar-refractivity contribution in [3.8, 4) is 0 Å². The first-order chi connectivity index (χ1) is 5.07. The largest absolute Gasteiger partial charge is 0.383 e. The van der Waals surface area contributed by atoms with Gasteiger partial charge in [0.1, 0.15) is 0 Å². The zero-order chi connectivity index (χ0) is 8.85. The average Bonchev–Trinajstić information content (AvgIpc) is 1.87. The third-order valence-electron chi connectivity index (χ3n) is 1.36. The van der Waals surface area contributed by atoms with Crippen molar-refractivity contribution < 1.29 is 9.53 Å². The van der Waals surface area contributed by atoms with Gasteiger partial charge in [0, 0.05) is 27.6 Å². The molecule has 4 heteroatoms. The molecule has 3 nitrogen and oxygen atoms in total. The molecular formula is C7H14ClNO2. The van der Waals surface area contributed by atoms with E-state index in [-0.39, 0.29) is 11.3 Å². The van der Waals surface area contributed by atoms with Gasteiger partial charge in [-0.05, 0) is 0 Å². The molecule has 11 heavy (non-hydrogen) atoms. The number of amides is 1. The summed E-state index contributed by atoms with van der Waals surface area (Å²) in [6.45, 7) is 2.51. The highest BCUT2D eigenvalue weighted by atomic mass is 35.5. The molecule has 0 bridgehead atoms. The molecule has 0 aliphatic carbocycles. The van der Waals surface area contributed by atoms with Crippen molar-refractivity contribution in [2.45, 2.75) is 12.3 Å². The Balaban J connectivity index is 3.56. The van der Waals surface area contributed by atoms with Crippen LogP contribution in [0.3, 0.4) is 0 Å². The van der Waals surface area contributed by atoms with E-state index in [0.717, 1.165) is 0 Å². The summed E-state index contributed by atoms with van der Waals surface area (Å²) in [4.78, 5) is 12.3. The number of methoxy groups -OCH3 is 1. The summed E-state index contributed by atoms with van der Waals surface area (Å²) in [7, 11) is 3.30. The topological polar surface area (TPSA) is 29.5 Å². The SMILES string of the molecule is COCC(Cl)CN(C)C(C)=O. The van der Waals surface area contributed by atoms with Crippen LogP contribution in [0.4, 0.5) is 0 Å². The Hall–Kier alpha value is -0.280. The molecule has 0 aromatic heterocycles. The molecule has 1 atom stereocenters. The maximum Gasteiger partial charge on any atom is 0.219 e. The highest BCUT2D eigenvalue weighted by Crippen LogP contribution is 1.98. The Morgan fingerprint density at radius 2 is 2.27 bits per heavy atom. The summed E-state index contributed by atoms with van der Waals surface area (Å²) in [5.74, 6) is 0.0201. The van der Waals surface area contributed by atoms with Crippen LogP contribution in [-0.4, -0.2) is 43.5 Å². The van der Waals surface area contributed by atoms with Crippen molar-refractivity contribution in [1.82, 2.24) is 4.90 Å². The average molecular weight is 180 g/mol. The van der Waals surface area contributed by atoms with Crippen LogP contribution in [-0.2, 0) is 9.53 Å². The van der Waals surface area contributed by atoms with Gasteiger partial charge in [-0.15, -0.1) is 11.6 Å². The Morgan fingerprint density at radius 3 is 2.64 bits per heavy atom. The number of ether oxygens (including phenoxy) is 1. The standard InChI is InChI=1S/C7H14ClNO2/c1-6(10)9(2)4-7(8)5-11-3/h7H,4-5H2,1-3H3. The maximum atomic E-state index is 10.7. The fraction of sp³-hybridized carbons (Fsp3) is 0.857. The Bertz CT molecular complexity index is 130. The monoisotopic (exact) mass is 179 g/mol. The molecule has 0 saturated heterocycles. The van der Waals surface area contributed by atoms with Gasteiger partial charge in [0.2, 0.25) is 5.91 Å². The zero-order valence-corrected chi connectivity index (χ0v) is 7.89. The third-order valence-corrected chi connectivity index (χ3v) is 1.62. The van der Waals surface area contributed by atoms with E-state index in [2.05, 4.69) is 0 Å². The van der Waals surface area contributed by atoms with Crippen molar-refractivity contribution >= 4 is 17.5 Å². The first kappa shape index (κ1) is 10.7. The summed E-state index contributed by atoms with van der Waals surface area (Å²) in [5.41, 5.74) is 0. The van der Waals surface area contributed by atoms with Crippen molar-refractivity contribution in [3.63, 3.8) is 0 Å². The second kappa shape index (κ2) is 5.38. The Morgan fingerprint density at radius 1 is 1.73 bits per heavy atom. The smallest absolute Gasteiger partial charge is 0.219 e. The van der Waals surface area contributed by atoms with E-state index < -0.39 is 0 Å². The molecule has 0 N–H and O–H groups in total. The van der Waals surface area contributed by atoms with E-state index in [1.165, 1.54) is 6.92 Å². The number of hydrogen-bond donors (Lipinski definition) is 0. The third kappa shape index (κ3) is 5.04. The number of carbonyl (C=O) groups excluding carboxylic acids is 1. The molecule has 0 rings (SSSR count). The molecule has 0 fully saturated rings. The lowest BCUT2D eigenvalue weighted by atomic mass is 10.4. The second-order valence-electron chi connectivity index (χ2n) is 2.45. The van der Waals surface area contributed by atoms with E-state index in [4.69, 9.17) is 16.3 Å². The molecule has 0 heterocycles. The lowest BCUT2D eigenvalue weighted by Gasteiger charge is -2.17. The van der Waals surface area contributed by atoms with E-state index in [1.54, 1.807) is 19.1 Å². The highest BCUT2D eigenvalue weighted by Gasteiger charge is 2.09. The van der Waals surface area contributed by atoms with Gasteiger partial charge in [0.15, 0.2) is 0 Å². The molecule has 66 valence electrons. The van der Waals surface area contributed by atoms with Crippen molar-refractivity contribution in [2.75, 3.05) is 27.3 Å². The zero-order valence-electron chi connectivity index (χ0n) is 7.13. The van der Waals surface area contributed by atoms with Crippen LogP contribution < -0.4 is 0 Å². The summed E-state index contributed by atoms with van der Waals surface area (Å²) < 4.78 is 4.81. The number of rotatable bonds is 4. The molecule has 0 aliphatic heterocycles. The number of halogens is 1. The number of hydrogen-bond acceptors (Lipinski definition) is 2. The van der Waals surface area contributed by atoms with Crippen LogP contribution in [0.5, 0.6) is 0 Å². The quantitative estimate of drug-likeness (QED) is 0.596. The van der Waals surface area contributed by atoms with Gasteiger partial charge in [0.05, 0.1) is 12.0 Å². The van der Waals surface area contributed by atoms with Crippen molar-refractivity contribution in [2.24, 2.45) is 0 Å². The molecule has 0 saturated carbocycles. The van der Waals surface area contributed by atoms with Gasteiger partial charge < -0.3 is 9.64 Å². The minimum atomic E-state index is -0.117. The van der Waals surface area contributed by atoms with Crippen molar-refractivity contribution in [1.29, 1.82) is 0 Å². The van der Waals surface area contributed by atoms with E-state index in [9.17, 15) is 4.79 Å². The van der Waals surface area contributed by atoms with Crippen LogP contribution in [0, 0.1) is 0 Å². The van der Waals surface area contributed by atoms with E-state index in [1.807, 2.05) is 0 Å². The van der Waals surface area contributed by atoms with Gasteiger partial charge in [-0.25, -0.2) is 0 Å². The fourth-order valence-electron chi connectivity index (χ4n) is 0.659. The van der Waals surface area contributed by atoms with Gasteiger partial charge in [-0.3, -0.25) is 4.79 Å². The lowest BCUT2D eigenvalue weighted by molar-refractivity contribution is -0.127. The molecule has 1 unspecified atom stereocenters. The fourth-order valence-corrected chi connectivity index (χ4v) is 0.992. The predicted molar refractivity (Wildman–Crippen MR) is 44.8 cm³/mol. The van der Waals surface area contributed by atoms with Crippen LogP contribution in [0.1, 0.15) is 6.92 Å². The molecule has 0 aliphatic rings. The predicted octanol–water partition coefficient (Wildman–Crippen LogP) is 0.719. The van der Waals surface area contributed by atoms with Gasteiger partial charge in [0.25, 0.3) is 0 Å². The first-order valence-corrected chi connectivity index (χ1v) is 3.86. The second-order valence-corrected chi connectivity index (χ2v) is 3.07. The molecule has 0 spiro atoms. The van der Waals surface area contributed by atoms with Crippen molar-refractivity contribution in [3.05, 3.63) is 0 Å². The van der Waals surface area contributed by atoms with E-state index in [0.29, 0.717) is 13.2 Å². The molecule has 0 aromatic carbocycles. The summed E-state index contributed by atoms with van der Waals surface area (Å²) >= 11 is 5.80. The summed E-state index contributed by atoms with van der Waals surface area (Å²) in [6, 6.07) is 0. The van der Waals surface area contributed by atoms with Crippen LogP contribution >= 0.6 is 11.6 Å². The van der Waals surface area contributed by atoms with Crippen LogP contribution in [0.2, 0.25) is 0 Å². The first-order valence-electron chi connectivity index (χ1n) is 3.42. The molecular weight excluding hydrogens is 166 g/mol. The Kier molecular flexibility index (Phi) is 5.24. The molecule has 1 amide bonds. The summed E-state index contributed by atoms with van der Waals surface area (Å²) in [6.07, 6.45) is 0. The van der Waals surface area contributed by atoms with Gasteiger partial charge in [-0.2, -0.15) is 0 Å². The van der Waals surface area contributed by atoms with E-state index >= 15 is 0 Å². The Labute approximate surface area is 72.3 Å². The number of carbonyl (C=O) groups is 1. The number of nitrogens with zero attached hydrogens (tertiary/aromatic N) is 1. The maximum absolute atomic E-state index is 10.7. The number of alkyl halides is 1. The minimum absolute atomic E-state index is 0.0201. The normalized spacial score (nSPS) is 12.7. The van der Waals surface area contributed by atoms with Gasteiger partial charge >= 0.3 is 0 Å². The highest BCUT2D eigenvalue weighted by molar-refractivity contribution is 6.21. The van der Waals surface area contributed by atoms with Gasteiger partial charge in [-0.1, -0.05) is 0 Å². The van der Waals surface area contributed by atoms with Crippen LogP contribution in [0.15, 0.2) is 0 Å². The minimum Gasteiger partial charge on any atom is -0.383 e. The lowest BCUT2D eigenvalue weighted by Crippen LogP contribution is -2.32. The summed E-state index contributed by atoms with van der Waals surface area (Å²) in [5, 5.41) is -0.117.